The second kappa shape index (κ2) is 5.29. The Balaban J connectivity index is 2.12. The number of rotatable bonds is 3. The van der Waals surface area contributed by atoms with Crippen molar-refractivity contribution in [3.8, 4) is 0 Å². The molecule has 1 aliphatic heterocycles. The average molecular weight is 273 g/mol. The molecular weight excluding hydrogens is 257 g/mol. The van der Waals surface area contributed by atoms with Crippen molar-refractivity contribution in [2.75, 3.05) is 6.54 Å². The molecule has 18 heavy (non-hydrogen) atoms. The Morgan fingerprint density at radius 3 is 2.94 bits per heavy atom. The highest BCUT2D eigenvalue weighted by atomic mass is 32.2. The van der Waals surface area contributed by atoms with Crippen LogP contribution in [0.4, 0.5) is 4.39 Å². The van der Waals surface area contributed by atoms with E-state index in [1.165, 1.54) is 0 Å². The predicted octanol–water partition coefficient (Wildman–Crippen LogP) is 0.640. The molecule has 0 amide bonds. The van der Waals surface area contributed by atoms with Gasteiger partial charge in [-0.1, -0.05) is 0 Å². The molecule has 5 nitrogen and oxygen atoms in total. The van der Waals surface area contributed by atoms with Gasteiger partial charge in [-0.2, -0.15) is 0 Å². The highest BCUT2D eigenvalue weighted by Gasteiger charge is 2.24. The molecule has 1 saturated heterocycles. The fourth-order valence-electron chi connectivity index (χ4n) is 2.07. The van der Waals surface area contributed by atoms with Crippen LogP contribution in [0.5, 0.6) is 0 Å². The summed E-state index contributed by atoms with van der Waals surface area (Å²) in [5, 5.41) is 3.24. The van der Waals surface area contributed by atoms with Gasteiger partial charge in [0, 0.05) is 18.3 Å². The molecule has 100 valence electrons. The Labute approximate surface area is 106 Å². The van der Waals surface area contributed by atoms with Gasteiger partial charge in [0.2, 0.25) is 10.0 Å². The van der Waals surface area contributed by atoms with Gasteiger partial charge in [0.25, 0.3) is 0 Å². The van der Waals surface area contributed by atoms with Crippen LogP contribution < -0.4 is 10.0 Å². The first-order valence-electron chi connectivity index (χ1n) is 5.83. The molecule has 1 aromatic heterocycles. The van der Waals surface area contributed by atoms with E-state index in [1.54, 1.807) is 0 Å². The van der Waals surface area contributed by atoms with Crippen LogP contribution in [0.1, 0.15) is 19.8 Å². The average Bonchev–Trinajstić information content (AvgIpc) is 2.28. The first-order valence-corrected chi connectivity index (χ1v) is 7.32. The van der Waals surface area contributed by atoms with Gasteiger partial charge < -0.3 is 5.32 Å². The molecule has 0 radical (unpaired) electrons. The molecule has 0 aromatic carbocycles. The summed E-state index contributed by atoms with van der Waals surface area (Å²) in [6.45, 7) is 2.78. The first-order chi connectivity index (χ1) is 8.47. The first kappa shape index (κ1) is 13.4. The Kier molecular flexibility index (Phi) is 3.94. The Hall–Kier alpha value is -1.05. The summed E-state index contributed by atoms with van der Waals surface area (Å²) in [6.07, 6.45) is 3.58. The molecule has 1 fully saturated rings. The van der Waals surface area contributed by atoms with Crippen LogP contribution in [0.3, 0.4) is 0 Å². The number of aromatic nitrogens is 1. The molecule has 1 aromatic rings. The van der Waals surface area contributed by atoms with E-state index in [4.69, 9.17) is 0 Å². The van der Waals surface area contributed by atoms with Crippen molar-refractivity contribution in [3.63, 3.8) is 0 Å². The molecule has 2 rings (SSSR count). The summed E-state index contributed by atoms with van der Waals surface area (Å²) in [6, 6.07) is 1.13. The maximum absolute atomic E-state index is 13.0. The maximum atomic E-state index is 13.0. The van der Waals surface area contributed by atoms with E-state index >= 15 is 0 Å². The molecule has 0 aliphatic carbocycles. The highest BCUT2D eigenvalue weighted by molar-refractivity contribution is 7.89. The van der Waals surface area contributed by atoms with Gasteiger partial charge in [-0.3, -0.25) is 4.98 Å². The van der Waals surface area contributed by atoms with Crippen molar-refractivity contribution >= 4 is 10.0 Å². The van der Waals surface area contributed by atoms with Crippen LogP contribution in [-0.4, -0.2) is 32.0 Å². The summed E-state index contributed by atoms with van der Waals surface area (Å²) in [5.41, 5.74) is 0. The number of sulfonamides is 1. The van der Waals surface area contributed by atoms with E-state index in [2.05, 4.69) is 15.0 Å². The van der Waals surface area contributed by atoms with E-state index < -0.39 is 15.8 Å². The number of halogens is 1. The molecule has 2 heterocycles. The molecule has 1 aliphatic rings. The van der Waals surface area contributed by atoms with Crippen LogP contribution in [0, 0.1) is 5.82 Å². The van der Waals surface area contributed by atoms with E-state index in [0.717, 1.165) is 37.8 Å². The molecule has 2 unspecified atom stereocenters. The van der Waals surface area contributed by atoms with Crippen LogP contribution in [0.25, 0.3) is 0 Å². The van der Waals surface area contributed by atoms with Crippen LogP contribution in [0.15, 0.2) is 23.4 Å². The van der Waals surface area contributed by atoms with Crippen molar-refractivity contribution in [2.45, 2.75) is 36.7 Å². The Morgan fingerprint density at radius 2 is 2.28 bits per heavy atom. The van der Waals surface area contributed by atoms with Gasteiger partial charge in [0.15, 0.2) is 0 Å². The largest absolute Gasteiger partial charge is 0.314 e. The standard InChI is InChI=1S/C11H16FN3O2S/c1-8-4-10(2-3-14-8)15-18(16,17)11-5-9(12)6-13-7-11/h5-8,10,14-15H,2-4H2,1H3. The number of nitrogens with zero attached hydrogens (tertiary/aromatic N) is 1. The fraction of sp³-hybridized carbons (Fsp3) is 0.545. The molecule has 2 atom stereocenters. The topological polar surface area (TPSA) is 71.1 Å². The normalized spacial score (nSPS) is 25.0. The lowest BCUT2D eigenvalue weighted by molar-refractivity contribution is 0.361. The van der Waals surface area contributed by atoms with Crippen molar-refractivity contribution < 1.29 is 12.8 Å². The zero-order chi connectivity index (χ0) is 13.2. The molecule has 0 spiro atoms. The zero-order valence-corrected chi connectivity index (χ0v) is 10.9. The highest BCUT2D eigenvalue weighted by Crippen LogP contribution is 2.14. The molecule has 2 N–H and O–H groups in total. The van der Waals surface area contributed by atoms with Gasteiger partial charge >= 0.3 is 0 Å². The zero-order valence-electron chi connectivity index (χ0n) is 10.1. The van der Waals surface area contributed by atoms with Gasteiger partial charge in [-0.15, -0.1) is 0 Å². The van der Waals surface area contributed by atoms with E-state index in [9.17, 15) is 12.8 Å². The monoisotopic (exact) mass is 273 g/mol. The number of hydrogen-bond donors (Lipinski definition) is 2. The van der Waals surface area contributed by atoms with Crippen LogP contribution in [0.2, 0.25) is 0 Å². The van der Waals surface area contributed by atoms with Crippen molar-refractivity contribution in [2.24, 2.45) is 0 Å². The summed E-state index contributed by atoms with van der Waals surface area (Å²) >= 11 is 0. The minimum Gasteiger partial charge on any atom is -0.314 e. The van der Waals surface area contributed by atoms with E-state index in [0.29, 0.717) is 0 Å². The summed E-state index contributed by atoms with van der Waals surface area (Å²) in [5.74, 6) is -0.656. The third-order valence-electron chi connectivity index (χ3n) is 2.94. The molecule has 7 heteroatoms. The predicted molar refractivity (Wildman–Crippen MR) is 65.0 cm³/mol. The Bertz CT molecular complexity index is 521. The smallest absolute Gasteiger partial charge is 0.242 e. The van der Waals surface area contributed by atoms with Gasteiger partial charge in [-0.25, -0.2) is 17.5 Å². The van der Waals surface area contributed by atoms with Gasteiger partial charge in [0.05, 0.1) is 6.20 Å². The summed E-state index contributed by atoms with van der Waals surface area (Å²) in [4.78, 5) is 3.42. The number of piperidine rings is 1. The number of nitrogens with one attached hydrogen (secondary N) is 2. The molecular formula is C11H16FN3O2S. The van der Waals surface area contributed by atoms with E-state index in [-0.39, 0.29) is 17.0 Å². The molecule has 0 bridgehead atoms. The molecule has 0 saturated carbocycles. The van der Waals surface area contributed by atoms with Crippen molar-refractivity contribution in [3.05, 3.63) is 24.3 Å². The Morgan fingerprint density at radius 1 is 1.50 bits per heavy atom. The maximum Gasteiger partial charge on any atom is 0.242 e. The minimum atomic E-state index is -3.69. The van der Waals surface area contributed by atoms with Gasteiger partial charge in [0.1, 0.15) is 10.7 Å². The van der Waals surface area contributed by atoms with Crippen molar-refractivity contribution in [1.82, 2.24) is 15.0 Å². The summed E-state index contributed by atoms with van der Waals surface area (Å²) in [7, 11) is -3.69. The van der Waals surface area contributed by atoms with Crippen molar-refractivity contribution in [1.29, 1.82) is 0 Å². The quantitative estimate of drug-likeness (QED) is 0.848. The third kappa shape index (κ3) is 3.24. The van der Waals surface area contributed by atoms with E-state index in [1.807, 2.05) is 6.92 Å². The second-order valence-electron chi connectivity index (χ2n) is 4.54. The lowest BCUT2D eigenvalue weighted by Crippen LogP contribution is -2.46. The second-order valence-corrected chi connectivity index (χ2v) is 6.25. The van der Waals surface area contributed by atoms with Crippen LogP contribution >= 0.6 is 0 Å². The SMILES string of the molecule is CC1CC(NS(=O)(=O)c2cncc(F)c2)CCN1. The lowest BCUT2D eigenvalue weighted by atomic mass is 10.0. The third-order valence-corrected chi connectivity index (χ3v) is 4.42. The lowest BCUT2D eigenvalue weighted by Gasteiger charge is -2.28. The summed E-state index contributed by atoms with van der Waals surface area (Å²) < 4.78 is 39.6. The van der Waals surface area contributed by atoms with Gasteiger partial charge in [-0.05, 0) is 32.4 Å². The van der Waals surface area contributed by atoms with Crippen LogP contribution in [-0.2, 0) is 10.0 Å². The number of hydrogen-bond acceptors (Lipinski definition) is 4. The minimum absolute atomic E-state index is 0.116. The number of pyridine rings is 1. The fourth-order valence-corrected chi connectivity index (χ4v) is 3.32.